The van der Waals surface area contributed by atoms with E-state index in [1.165, 1.54) is 16.7 Å². The molecule has 304 valence electrons. The van der Waals surface area contributed by atoms with Crippen LogP contribution < -0.4 is 0 Å². The molecule has 2 aliphatic rings. The van der Waals surface area contributed by atoms with Gasteiger partial charge in [-0.05, 0) is 67.3 Å². The van der Waals surface area contributed by atoms with Gasteiger partial charge in [0, 0.05) is 12.2 Å². The van der Waals surface area contributed by atoms with Gasteiger partial charge in [-0.15, -0.1) is 6.58 Å². The molecule has 1 N–H and O–H groups in total. The van der Waals surface area contributed by atoms with E-state index in [1.54, 1.807) is 6.08 Å². The Labute approximate surface area is 343 Å². The summed E-state index contributed by atoms with van der Waals surface area (Å²) in [5.41, 5.74) is 5.97. The normalized spacial score (nSPS) is 23.1. The van der Waals surface area contributed by atoms with Gasteiger partial charge in [0.05, 0.1) is 33.0 Å². The summed E-state index contributed by atoms with van der Waals surface area (Å²) in [7, 11) is 0. The van der Waals surface area contributed by atoms with E-state index in [-0.39, 0.29) is 26.4 Å². The van der Waals surface area contributed by atoms with E-state index in [0.717, 1.165) is 54.6 Å². The maximum Gasteiger partial charge on any atom is 0.341 e. The van der Waals surface area contributed by atoms with Crippen LogP contribution >= 0.6 is 0 Å². The Balaban J connectivity index is 1.26. The highest BCUT2D eigenvalue weighted by Gasteiger charge is 2.72. The van der Waals surface area contributed by atoms with Crippen LogP contribution in [0.2, 0.25) is 0 Å². The van der Waals surface area contributed by atoms with Crippen LogP contribution in [-0.4, -0.2) is 60.6 Å². The third-order valence-corrected chi connectivity index (χ3v) is 10.8. The lowest BCUT2D eigenvalue weighted by Gasteiger charge is -2.49. The molecule has 8 nitrogen and oxygen atoms in total. The van der Waals surface area contributed by atoms with Crippen molar-refractivity contribution in [3.05, 3.63) is 191 Å². The minimum atomic E-state index is -1.91. The number of allylic oxidation sites excluding steroid dienone is 3. The molecule has 5 atom stereocenters. The number of fused-ring (bicyclic) bond motifs is 2. The molecule has 4 aromatic carbocycles. The number of unbranched alkanes of at least 4 members (excludes halogenated alkanes) is 1. The lowest BCUT2D eigenvalue weighted by molar-refractivity contribution is -0.323. The minimum absolute atomic E-state index is 0.131. The van der Waals surface area contributed by atoms with Crippen LogP contribution in [0.1, 0.15) is 54.5 Å². The summed E-state index contributed by atoms with van der Waals surface area (Å²) >= 11 is 0. The van der Waals surface area contributed by atoms with E-state index in [9.17, 15) is 9.90 Å². The standard InChI is InChI=1S/C50H56O8/c1-5-30-53-31-16-15-17-40-26-28-41(29-27-40)32-38(3)37(2)24-25-39(4)50-47(56-35-44-22-13-8-14-23-44)45(54-33-42-18-9-6-10-19-42)46(49(58-50,36-57-50)48(51)52)55-34-43-20-11-7-12-21-43/h5-14,18-29,45-47H,1,4,15-17,30-36H2,2-3H3,(H,51,52)/b25-24-,38-37+/t45-,46-,47+,49-,50-/m0/s1. The Bertz CT molecular complexity index is 1990. The molecule has 0 unspecified atom stereocenters. The molecule has 2 bridgehead atoms. The summed E-state index contributed by atoms with van der Waals surface area (Å²) in [4.78, 5) is 13.4. The first kappa shape index (κ1) is 42.7. The van der Waals surface area contributed by atoms with Gasteiger partial charge in [0.25, 0.3) is 0 Å². The maximum absolute atomic E-state index is 13.4. The lowest BCUT2D eigenvalue weighted by Crippen LogP contribution is -2.70. The second kappa shape index (κ2) is 20.7. The lowest BCUT2D eigenvalue weighted by atomic mass is 9.83. The molecule has 0 amide bonds. The van der Waals surface area contributed by atoms with Crippen molar-refractivity contribution in [1.29, 1.82) is 0 Å². The summed E-state index contributed by atoms with van der Waals surface area (Å²) < 4.78 is 38.8. The van der Waals surface area contributed by atoms with Gasteiger partial charge in [0.2, 0.25) is 11.4 Å². The topological polar surface area (TPSA) is 92.7 Å². The average Bonchev–Trinajstić information content (AvgIpc) is 3.62. The molecule has 6 rings (SSSR count). The number of aryl methyl sites for hydroxylation is 1. The monoisotopic (exact) mass is 784 g/mol. The van der Waals surface area contributed by atoms with Crippen molar-refractivity contribution in [2.45, 2.75) is 89.1 Å². The van der Waals surface area contributed by atoms with E-state index in [4.69, 9.17) is 28.4 Å². The third-order valence-electron chi connectivity index (χ3n) is 10.8. The van der Waals surface area contributed by atoms with Crippen molar-refractivity contribution < 1.29 is 38.3 Å². The Morgan fingerprint density at radius 2 is 1.29 bits per heavy atom. The summed E-state index contributed by atoms with van der Waals surface area (Å²) in [6, 6.07) is 37.9. The zero-order chi connectivity index (χ0) is 40.8. The molecule has 0 radical (unpaired) electrons. The molecule has 8 heteroatoms. The fourth-order valence-corrected chi connectivity index (χ4v) is 7.38. The number of carbonyl (C=O) groups is 1. The van der Waals surface area contributed by atoms with E-state index < -0.39 is 35.7 Å². The molecular formula is C50H56O8. The van der Waals surface area contributed by atoms with Crippen molar-refractivity contribution in [2.75, 3.05) is 19.8 Å². The van der Waals surface area contributed by atoms with Crippen molar-refractivity contribution in [2.24, 2.45) is 0 Å². The fourth-order valence-electron chi connectivity index (χ4n) is 7.38. The number of benzene rings is 4. The van der Waals surface area contributed by atoms with Crippen LogP contribution in [0.5, 0.6) is 0 Å². The zero-order valence-corrected chi connectivity index (χ0v) is 33.7. The van der Waals surface area contributed by atoms with Crippen molar-refractivity contribution in [1.82, 2.24) is 0 Å². The van der Waals surface area contributed by atoms with Crippen molar-refractivity contribution >= 4 is 5.97 Å². The number of hydrogen-bond donors (Lipinski definition) is 1. The molecule has 0 saturated carbocycles. The largest absolute Gasteiger partial charge is 0.479 e. The number of carboxylic acid groups (broad SMARTS) is 1. The first-order chi connectivity index (χ1) is 28.2. The summed E-state index contributed by atoms with van der Waals surface area (Å²) in [5.74, 6) is -2.91. The highest BCUT2D eigenvalue weighted by Crippen LogP contribution is 2.51. The molecule has 4 aromatic rings. The van der Waals surface area contributed by atoms with Crippen LogP contribution in [0.3, 0.4) is 0 Å². The van der Waals surface area contributed by atoms with Crippen LogP contribution in [0, 0.1) is 0 Å². The van der Waals surface area contributed by atoms with Gasteiger partial charge in [0.15, 0.2) is 0 Å². The summed E-state index contributed by atoms with van der Waals surface area (Å²) in [6.45, 7) is 13.9. The quantitative estimate of drug-likeness (QED) is 0.0479. The second-order valence-corrected chi connectivity index (χ2v) is 15.1. The second-order valence-electron chi connectivity index (χ2n) is 15.1. The molecule has 2 heterocycles. The summed E-state index contributed by atoms with van der Waals surface area (Å²) in [5, 5.41) is 11.0. The van der Waals surface area contributed by atoms with E-state index >= 15 is 0 Å². The molecular weight excluding hydrogens is 729 g/mol. The van der Waals surface area contributed by atoms with Gasteiger partial charge in [-0.3, -0.25) is 0 Å². The Morgan fingerprint density at radius 3 is 1.86 bits per heavy atom. The SMILES string of the molecule is C=CCOCCCCc1ccc(C/C(C)=C(C)/C=C\C(=C)[C@]23OC[C@](C(=O)O)(O2)[C@@H](OCc2ccccc2)[C@H](OCc2ccccc2)[C@H]3OCc2ccccc2)cc1. The van der Waals surface area contributed by atoms with Gasteiger partial charge < -0.3 is 33.5 Å². The van der Waals surface area contributed by atoms with Crippen molar-refractivity contribution in [3.63, 3.8) is 0 Å². The number of carboxylic acids is 1. The Kier molecular flexibility index (Phi) is 15.2. The summed E-state index contributed by atoms with van der Waals surface area (Å²) in [6.07, 6.45) is 6.48. The van der Waals surface area contributed by atoms with Gasteiger partial charge in [-0.1, -0.05) is 151 Å². The highest BCUT2D eigenvalue weighted by molar-refractivity contribution is 5.80. The van der Waals surface area contributed by atoms with Gasteiger partial charge in [-0.25, -0.2) is 4.79 Å². The molecule has 0 aromatic heterocycles. The Morgan fingerprint density at radius 1 is 0.741 bits per heavy atom. The molecule has 0 aliphatic carbocycles. The highest BCUT2D eigenvalue weighted by atomic mass is 16.8. The fraction of sp³-hybridized carbons (Fsp3) is 0.340. The molecule has 2 aliphatic heterocycles. The smallest absolute Gasteiger partial charge is 0.341 e. The Hall–Kier alpha value is -4.93. The van der Waals surface area contributed by atoms with Crippen LogP contribution in [-0.2, 0) is 65.9 Å². The van der Waals surface area contributed by atoms with Crippen molar-refractivity contribution in [3.8, 4) is 0 Å². The number of hydrogen-bond acceptors (Lipinski definition) is 7. The van der Waals surface area contributed by atoms with E-state index in [2.05, 4.69) is 51.3 Å². The molecule has 2 saturated heterocycles. The molecule has 2 fully saturated rings. The van der Waals surface area contributed by atoms with Crippen LogP contribution in [0.4, 0.5) is 0 Å². The number of aliphatic carboxylic acids is 1. The third kappa shape index (κ3) is 10.6. The van der Waals surface area contributed by atoms with E-state index in [0.29, 0.717) is 12.2 Å². The molecule has 0 spiro atoms. The van der Waals surface area contributed by atoms with E-state index in [1.807, 2.05) is 103 Å². The van der Waals surface area contributed by atoms with Crippen LogP contribution in [0.25, 0.3) is 0 Å². The van der Waals surface area contributed by atoms with Gasteiger partial charge in [-0.2, -0.15) is 0 Å². The van der Waals surface area contributed by atoms with Crippen LogP contribution in [0.15, 0.2) is 163 Å². The number of rotatable bonds is 22. The zero-order valence-electron chi connectivity index (χ0n) is 33.7. The average molecular weight is 785 g/mol. The first-order valence-corrected chi connectivity index (χ1v) is 20.1. The van der Waals surface area contributed by atoms with Gasteiger partial charge >= 0.3 is 5.97 Å². The predicted octanol–water partition coefficient (Wildman–Crippen LogP) is 9.54. The first-order valence-electron chi connectivity index (χ1n) is 20.1. The molecule has 58 heavy (non-hydrogen) atoms. The minimum Gasteiger partial charge on any atom is -0.479 e. The number of ether oxygens (including phenoxy) is 6. The van der Waals surface area contributed by atoms with Gasteiger partial charge in [0.1, 0.15) is 18.3 Å². The maximum atomic E-state index is 13.4. The predicted molar refractivity (Wildman–Crippen MR) is 226 cm³/mol.